The molecular weight excluding hydrogens is 513 g/mol. The predicted molar refractivity (Wildman–Crippen MR) is 123 cm³/mol. The van der Waals surface area contributed by atoms with Crippen LogP contribution in [-0.4, -0.2) is 58.0 Å². The maximum atomic E-state index is 13.3. The molecule has 0 radical (unpaired) electrons. The van der Waals surface area contributed by atoms with Gasteiger partial charge in [-0.15, -0.1) is 0 Å². The van der Waals surface area contributed by atoms with Crippen LogP contribution in [0.4, 0.5) is 0 Å². The van der Waals surface area contributed by atoms with Crippen LogP contribution < -0.4 is 25.9 Å². The molecule has 174 valence electrons. The number of ether oxygens (including phenoxy) is 1. The third-order valence-corrected chi connectivity index (χ3v) is 9.78. The predicted octanol–water partition coefficient (Wildman–Crippen LogP) is 1.05. The molecule has 32 heavy (non-hydrogen) atoms. The molecule has 1 aromatic heterocycles. The number of alkyl halides is 2. The molecular formula is C26H35IN3O2-. The van der Waals surface area contributed by atoms with Crippen molar-refractivity contribution in [2.45, 2.75) is 49.6 Å². The minimum absolute atomic E-state index is 0.0744. The van der Waals surface area contributed by atoms with E-state index in [1.807, 2.05) is 25.1 Å². The number of hydrogen-bond donors (Lipinski definition) is 0. The number of aromatic nitrogens is 1. The van der Waals surface area contributed by atoms with Crippen molar-refractivity contribution in [3.8, 4) is 5.75 Å². The van der Waals surface area contributed by atoms with Gasteiger partial charge in [0.1, 0.15) is 5.75 Å². The van der Waals surface area contributed by atoms with Crippen LogP contribution in [0.3, 0.4) is 0 Å². The third-order valence-electron chi connectivity index (χ3n) is 7.38. The molecule has 1 spiro atoms. The quantitative estimate of drug-likeness (QED) is 0.415. The van der Waals surface area contributed by atoms with Crippen LogP contribution in [0.1, 0.15) is 57.9 Å². The SMILES string of the molecule is Cc1cc(C(=O)N2CCC3(CC2)c2ccc(C4C[I-]4)n2CCN3C)ccc1OCC(C)C. The van der Waals surface area contributed by atoms with Crippen LogP contribution in [0.2, 0.25) is 0 Å². The summed E-state index contributed by atoms with van der Waals surface area (Å²) in [5.74, 6) is 1.51. The van der Waals surface area contributed by atoms with E-state index in [9.17, 15) is 4.79 Å². The molecule has 4 heterocycles. The first-order valence-corrected chi connectivity index (χ1v) is 14.7. The van der Waals surface area contributed by atoms with E-state index >= 15 is 0 Å². The second kappa shape index (κ2) is 8.67. The van der Waals surface area contributed by atoms with Crippen molar-refractivity contribution in [3.63, 3.8) is 0 Å². The zero-order valence-electron chi connectivity index (χ0n) is 19.7. The molecule has 0 N–H and O–H groups in total. The molecule has 5 nitrogen and oxygen atoms in total. The van der Waals surface area contributed by atoms with Crippen molar-refractivity contribution in [1.82, 2.24) is 14.4 Å². The standard InChI is InChI=1S/C26H35IN3O2/c1-18(2)17-32-23-7-5-20(15-19(23)3)25(31)29-11-9-26(10-12-29)24-8-6-22(21-16-27-21)30(24)14-13-28(26)4/h5-8,15,18,21H,9-14,16-17H2,1-4H3/q-1. The Bertz CT molecular complexity index is 1000. The Kier molecular flexibility index (Phi) is 6.03. The van der Waals surface area contributed by atoms with E-state index in [0.717, 1.165) is 59.8 Å². The summed E-state index contributed by atoms with van der Waals surface area (Å²) < 4.78 is 10.9. The average molecular weight is 548 g/mol. The van der Waals surface area contributed by atoms with E-state index in [1.165, 1.54) is 10.1 Å². The number of hydrogen-bond acceptors (Lipinski definition) is 3. The van der Waals surface area contributed by atoms with Crippen LogP contribution >= 0.6 is 0 Å². The Morgan fingerprint density at radius 1 is 1.16 bits per heavy atom. The molecule has 1 unspecified atom stereocenters. The molecule has 2 aromatic rings. The third kappa shape index (κ3) is 3.98. The van der Waals surface area contributed by atoms with E-state index < -0.39 is 0 Å². The summed E-state index contributed by atoms with van der Waals surface area (Å²) in [6.07, 6.45) is 2.01. The van der Waals surface area contributed by atoms with Crippen molar-refractivity contribution < 1.29 is 30.7 Å². The van der Waals surface area contributed by atoms with E-state index in [4.69, 9.17) is 4.74 Å². The number of halogens is 1. The number of carbonyl (C=O) groups excluding carboxylic acids is 1. The van der Waals surface area contributed by atoms with Crippen LogP contribution in [0, 0.1) is 12.8 Å². The van der Waals surface area contributed by atoms with Crippen molar-refractivity contribution in [1.29, 1.82) is 0 Å². The summed E-state index contributed by atoms with van der Waals surface area (Å²) in [7, 11) is 2.27. The number of rotatable bonds is 5. The molecule has 0 aliphatic carbocycles. The molecule has 3 aliphatic rings. The number of likely N-dealkylation sites (tertiary alicyclic amines) is 1. The summed E-state index contributed by atoms with van der Waals surface area (Å²) in [5.41, 5.74) is 4.96. The van der Waals surface area contributed by atoms with Crippen LogP contribution in [0.15, 0.2) is 30.3 Å². The fraction of sp³-hybridized carbons (Fsp3) is 0.577. The molecule has 1 aromatic carbocycles. The van der Waals surface area contributed by atoms with Gasteiger partial charge in [0.25, 0.3) is 0 Å². The van der Waals surface area contributed by atoms with Gasteiger partial charge in [0, 0.05) is 0 Å². The fourth-order valence-electron chi connectivity index (χ4n) is 5.38. The van der Waals surface area contributed by atoms with Gasteiger partial charge in [-0.2, -0.15) is 0 Å². The Morgan fingerprint density at radius 3 is 2.56 bits per heavy atom. The zero-order chi connectivity index (χ0) is 22.5. The van der Waals surface area contributed by atoms with Gasteiger partial charge in [-0.25, -0.2) is 0 Å². The van der Waals surface area contributed by atoms with Crippen LogP contribution in [0.25, 0.3) is 0 Å². The summed E-state index contributed by atoms with van der Waals surface area (Å²) in [6, 6.07) is 10.7. The van der Waals surface area contributed by atoms with Gasteiger partial charge in [-0.1, -0.05) is 13.8 Å². The van der Waals surface area contributed by atoms with Gasteiger partial charge < -0.3 is 4.74 Å². The molecule has 3 aliphatic heterocycles. The monoisotopic (exact) mass is 548 g/mol. The normalized spacial score (nSPS) is 22.5. The average Bonchev–Trinajstić information content (AvgIpc) is 3.54. The maximum absolute atomic E-state index is 13.3. The Morgan fingerprint density at radius 2 is 1.91 bits per heavy atom. The summed E-state index contributed by atoms with van der Waals surface area (Å²) in [6.45, 7) is 10.9. The number of benzene rings is 1. The number of aryl methyl sites for hydroxylation is 1. The molecule has 6 heteroatoms. The van der Waals surface area contributed by atoms with E-state index in [0.29, 0.717) is 33.7 Å². The van der Waals surface area contributed by atoms with Crippen molar-refractivity contribution in [2.75, 3.05) is 37.7 Å². The second-order valence-electron chi connectivity index (χ2n) is 10.0. The van der Waals surface area contributed by atoms with Crippen molar-refractivity contribution in [2.24, 2.45) is 5.92 Å². The first kappa shape index (κ1) is 22.3. The number of nitrogens with zero attached hydrogens (tertiary/aromatic N) is 3. The number of carbonyl (C=O) groups is 1. The minimum Gasteiger partial charge on any atom is -0.493 e. The summed E-state index contributed by atoms with van der Waals surface area (Å²) in [4.78, 5) is 17.9. The second-order valence-corrected chi connectivity index (χ2v) is 13.3. The Balaban J connectivity index is 1.30. The molecule has 2 saturated heterocycles. The summed E-state index contributed by atoms with van der Waals surface area (Å²) >= 11 is 0.413. The first-order chi connectivity index (χ1) is 15.4. The molecule has 2 fully saturated rings. The number of likely N-dealkylation sites (N-methyl/N-ethyl adjacent to an activating group) is 1. The molecule has 0 bridgehead atoms. The minimum atomic E-state index is 0.0744. The van der Waals surface area contributed by atoms with E-state index in [2.05, 4.69) is 47.4 Å². The van der Waals surface area contributed by atoms with Crippen LogP contribution in [0.5, 0.6) is 5.75 Å². The molecule has 1 amide bonds. The smallest absolute Gasteiger partial charge is 0.493 e. The number of fused-ring (bicyclic) bond motifs is 2. The molecule has 5 rings (SSSR count). The van der Waals surface area contributed by atoms with Crippen LogP contribution in [-0.2, 0) is 12.1 Å². The number of amides is 1. The van der Waals surface area contributed by atoms with Gasteiger partial charge >= 0.3 is 159 Å². The molecule has 0 saturated carbocycles. The Labute approximate surface area is 202 Å². The first-order valence-electron chi connectivity index (χ1n) is 11.9. The van der Waals surface area contributed by atoms with Crippen molar-refractivity contribution >= 4 is 5.91 Å². The summed E-state index contributed by atoms with van der Waals surface area (Å²) in [5, 5.41) is 0. The van der Waals surface area contributed by atoms with Gasteiger partial charge in [0.05, 0.1) is 6.61 Å². The van der Waals surface area contributed by atoms with Gasteiger partial charge in [0.2, 0.25) is 0 Å². The van der Waals surface area contributed by atoms with Crippen molar-refractivity contribution in [3.05, 3.63) is 52.8 Å². The van der Waals surface area contributed by atoms with Gasteiger partial charge in [-0.3, -0.25) is 0 Å². The number of piperidine rings is 1. The fourth-order valence-corrected chi connectivity index (χ4v) is 7.08. The Hall–Kier alpha value is -1.54. The topological polar surface area (TPSA) is 37.7 Å². The molecule has 1 atom stereocenters. The van der Waals surface area contributed by atoms with E-state index in [1.54, 1.807) is 5.69 Å². The zero-order valence-corrected chi connectivity index (χ0v) is 21.9. The van der Waals surface area contributed by atoms with Gasteiger partial charge in [-0.05, 0) is 12.8 Å². The van der Waals surface area contributed by atoms with E-state index in [-0.39, 0.29) is 11.4 Å². The van der Waals surface area contributed by atoms with Gasteiger partial charge in [0.15, 0.2) is 0 Å².